The summed E-state index contributed by atoms with van der Waals surface area (Å²) in [6.07, 6.45) is 0. The van der Waals surface area contributed by atoms with Gasteiger partial charge in [0.25, 0.3) is 5.69 Å². The van der Waals surface area contributed by atoms with Gasteiger partial charge in [-0.25, -0.2) is 4.79 Å². The van der Waals surface area contributed by atoms with Crippen molar-refractivity contribution in [3.05, 3.63) is 74.8 Å². The first kappa shape index (κ1) is 14.4. The first-order valence-electron chi connectivity index (χ1n) is 6.04. The lowest BCUT2D eigenvalue weighted by atomic mass is 9.97. The van der Waals surface area contributed by atoms with Gasteiger partial charge in [-0.15, -0.1) is 0 Å². The van der Waals surface area contributed by atoms with Crippen LogP contribution in [0.25, 0.3) is 0 Å². The van der Waals surface area contributed by atoms with E-state index >= 15 is 0 Å². The lowest BCUT2D eigenvalue weighted by molar-refractivity contribution is -0.385. The highest BCUT2D eigenvalue weighted by atomic mass is 16.6. The van der Waals surface area contributed by atoms with Crippen molar-refractivity contribution in [2.45, 2.75) is 6.92 Å². The molecule has 21 heavy (non-hydrogen) atoms. The van der Waals surface area contributed by atoms with E-state index in [1.54, 1.807) is 13.0 Å². The molecule has 0 saturated carbocycles. The van der Waals surface area contributed by atoms with E-state index in [1.807, 2.05) is 0 Å². The SMILES string of the molecule is Cc1ccc(C(=O)c2ccccc2C(=O)O)cc1[N+](=O)[O-]. The number of nitro benzene ring substituents is 1. The Hall–Kier alpha value is -3.02. The van der Waals surface area contributed by atoms with Crippen LogP contribution in [0.3, 0.4) is 0 Å². The molecular formula is C15H11NO5. The predicted octanol–water partition coefficient (Wildman–Crippen LogP) is 2.83. The molecule has 0 unspecified atom stereocenters. The van der Waals surface area contributed by atoms with Crippen LogP contribution in [0.5, 0.6) is 0 Å². The zero-order valence-corrected chi connectivity index (χ0v) is 11.1. The molecule has 0 atom stereocenters. The molecule has 0 bridgehead atoms. The molecule has 2 rings (SSSR count). The number of hydrogen-bond acceptors (Lipinski definition) is 4. The normalized spacial score (nSPS) is 10.1. The minimum atomic E-state index is -1.22. The maximum Gasteiger partial charge on any atom is 0.336 e. The number of nitrogens with zero attached hydrogens (tertiary/aromatic N) is 1. The largest absolute Gasteiger partial charge is 0.478 e. The zero-order valence-electron chi connectivity index (χ0n) is 11.1. The summed E-state index contributed by atoms with van der Waals surface area (Å²) >= 11 is 0. The van der Waals surface area contributed by atoms with Crippen LogP contribution in [0.1, 0.15) is 31.8 Å². The third-order valence-electron chi connectivity index (χ3n) is 3.07. The molecule has 0 aliphatic heterocycles. The van der Waals surface area contributed by atoms with E-state index in [4.69, 9.17) is 5.11 Å². The fourth-order valence-electron chi connectivity index (χ4n) is 1.97. The molecule has 1 N–H and O–H groups in total. The molecule has 2 aromatic rings. The van der Waals surface area contributed by atoms with Gasteiger partial charge in [-0.1, -0.05) is 30.3 Å². The summed E-state index contributed by atoms with van der Waals surface area (Å²) < 4.78 is 0. The molecule has 0 saturated heterocycles. The zero-order chi connectivity index (χ0) is 15.6. The Balaban J connectivity index is 2.53. The summed E-state index contributed by atoms with van der Waals surface area (Å²) in [5, 5.41) is 20.0. The van der Waals surface area contributed by atoms with Crippen molar-refractivity contribution >= 4 is 17.4 Å². The number of carboxylic acid groups (broad SMARTS) is 1. The number of carbonyl (C=O) groups excluding carboxylic acids is 1. The van der Waals surface area contributed by atoms with Gasteiger partial charge in [0.1, 0.15) is 0 Å². The molecule has 0 fully saturated rings. The number of nitro groups is 1. The number of benzene rings is 2. The van der Waals surface area contributed by atoms with Crippen LogP contribution in [-0.2, 0) is 0 Å². The van der Waals surface area contributed by atoms with Crippen molar-refractivity contribution < 1.29 is 19.6 Å². The van der Waals surface area contributed by atoms with Crippen LogP contribution >= 0.6 is 0 Å². The number of carbonyl (C=O) groups is 2. The number of carboxylic acids is 1. The van der Waals surface area contributed by atoms with Crippen molar-refractivity contribution in [3.63, 3.8) is 0 Å². The molecule has 0 aliphatic rings. The average Bonchev–Trinajstić information content (AvgIpc) is 2.46. The summed E-state index contributed by atoms with van der Waals surface area (Å²) in [5.41, 5.74) is 0.214. The van der Waals surface area contributed by atoms with E-state index in [0.717, 1.165) is 6.07 Å². The first-order chi connectivity index (χ1) is 9.91. The highest BCUT2D eigenvalue weighted by Crippen LogP contribution is 2.22. The van der Waals surface area contributed by atoms with Gasteiger partial charge in [0.15, 0.2) is 5.78 Å². The van der Waals surface area contributed by atoms with Crippen LogP contribution in [0.4, 0.5) is 5.69 Å². The molecule has 106 valence electrons. The van der Waals surface area contributed by atoms with Crippen molar-refractivity contribution in [3.8, 4) is 0 Å². The van der Waals surface area contributed by atoms with Gasteiger partial charge in [0, 0.05) is 22.8 Å². The lowest BCUT2D eigenvalue weighted by Gasteiger charge is -2.06. The summed E-state index contributed by atoms with van der Waals surface area (Å²) in [7, 11) is 0. The first-order valence-corrected chi connectivity index (χ1v) is 6.04. The summed E-state index contributed by atoms with van der Waals surface area (Å²) in [6, 6.07) is 9.84. The third-order valence-corrected chi connectivity index (χ3v) is 3.07. The van der Waals surface area contributed by atoms with E-state index in [0.29, 0.717) is 5.56 Å². The fourth-order valence-corrected chi connectivity index (χ4v) is 1.97. The number of hydrogen-bond donors (Lipinski definition) is 1. The quantitative estimate of drug-likeness (QED) is 0.529. The van der Waals surface area contributed by atoms with E-state index in [-0.39, 0.29) is 22.4 Å². The maximum absolute atomic E-state index is 12.4. The summed E-state index contributed by atoms with van der Waals surface area (Å²) in [4.78, 5) is 33.8. The Morgan fingerprint density at radius 1 is 1.10 bits per heavy atom. The molecule has 0 aliphatic carbocycles. The highest BCUT2D eigenvalue weighted by Gasteiger charge is 2.20. The standard InChI is InChI=1S/C15H11NO5/c1-9-6-7-10(8-13(9)16(20)21)14(17)11-4-2-3-5-12(11)15(18)19/h2-8H,1H3,(H,18,19). The van der Waals surface area contributed by atoms with Gasteiger partial charge in [-0.2, -0.15) is 0 Å². The Kier molecular flexibility index (Phi) is 3.80. The van der Waals surface area contributed by atoms with Gasteiger partial charge >= 0.3 is 5.97 Å². The van der Waals surface area contributed by atoms with Gasteiger partial charge in [-0.3, -0.25) is 14.9 Å². The Morgan fingerprint density at radius 2 is 1.71 bits per heavy atom. The second-order valence-corrected chi connectivity index (χ2v) is 4.44. The van der Waals surface area contributed by atoms with E-state index < -0.39 is 16.7 Å². The molecule has 0 heterocycles. The van der Waals surface area contributed by atoms with E-state index in [9.17, 15) is 19.7 Å². The topological polar surface area (TPSA) is 97.5 Å². The average molecular weight is 285 g/mol. The van der Waals surface area contributed by atoms with Crippen molar-refractivity contribution in [1.82, 2.24) is 0 Å². The Labute approximate surface area is 119 Å². The van der Waals surface area contributed by atoms with Gasteiger partial charge < -0.3 is 5.11 Å². The third kappa shape index (κ3) is 2.79. The number of aryl methyl sites for hydroxylation is 1. The lowest BCUT2D eigenvalue weighted by Crippen LogP contribution is -2.10. The molecule has 6 nitrogen and oxygen atoms in total. The van der Waals surface area contributed by atoms with Crippen LogP contribution in [0, 0.1) is 17.0 Å². The van der Waals surface area contributed by atoms with Gasteiger partial charge in [0.05, 0.1) is 10.5 Å². The van der Waals surface area contributed by atoms with Gasteiger partial charge in [0.2, 0.25) is 0 Å². The number of rotatable bonds is 4. The predicted molar refractivity (Wildman–Crippen MR) is 74.7 cm³/mol. The Bertz CT molecular complexity index is 751. The highest BCUT2D eigenvalue weighted by molar-refractivity contribution is 6.14. The van der Waals surface area contributed by atoms with Gasteiger partial charge in [-0.05, 0) is 13.0 Å². The molecule has 2 aromatic carbocycles. The minimum Gasteiger partial charge on any atom is -0.478 e. The monoisotopic (exact) mass is 285 g/mol. The molecule has 0 aromatic heterocycles. The van der Waals surface area contributed by atoms with Crippen LogP contribution in [0.15, 0.2) is 42.5 Å². The maximum atomic E-state index is 12.4. The van der Waals surface area contributed by atoms with Crippen molar-refractivity contribution in [2.24, 2.45) is 0 Å². The second-order valence-electron chi connectivity index (χ2n) is 4.44. The van der Waals surface area contributed by atoms with Crippen LogP contribution in [-0.4, -0.2) is 21.8 Å². The number of ketones is 1. The minimum absolute atomic E-state index is 0.00292. The van der Waals surface area contributed by atoms with Crippen molar-refractivity contribution in [2.75, 3.05) is 0 Å². The molecular weight excluding hydrogens is 274 g/mol. The molecule has 0 radical (unpaired) electrons. The smallest absolute Gasteiger partial charge is 0.336 e. The summed E-state index contributed by atoms with van der Waals surface area (Å²) in [5.74, 6) is -1.78. The Morgan fingerprint density at radius 3 is 2.29 bits per heavy atom. The van der Waals surface area contributed by atoms with E-state index in [2.05, 4.69) is 0 Å². The fraction of sp³-hybridized carbons (Fsp3) is 0.0667. The second kappa shape index (κ2) is 5.54. The van der Waals surface area contributed by atoms with Crippen LogP contribution < -0.4 is 0 Å². The summed E-state index contributed by atoms with van der Waals surface area (Å²) in [6.45, 7) is 1.57. The molecule has 0 spiro atoms. The molecule has 0 amide bonds. The molecule has 6 heteroatoms. The van der Waals surface area contributed by atoms with E-state index in [1.165, 1.54) is 30.3 Å². The van der Waals surface area contributed by atoms with Crippen molar-refractivity contribution in [1.29, 1.82) is 0 Å². The number of aromatic carboxylic acids is 1. The van der Waals surface area contributed by atoms with Crippen LogP contribution in [0.2, 0.25) is 0 Å².